The molecule has 0 spiro atoms. The number of piperidine rings is 1. The van der Waals surface area contributed by atoms with Crippen LogP contribution in [0.4, 0.5) is 0 Å². The van der Waals surface area contributed by atoms with Crippen molar-refractivity contribution in [2.45, 2.75) is 32.0 Å². The van der Waals surface area contributed by atoms with Crippen LogP contribution in [0.1, 0.15) is 29.3 Å². The number of thiazole rings is 1. The van der Waals surface area contributed by atoms with Gasteiger partial charge in [0.25, 0.3) is 0 Å². The van der Waals surface area contributed by atoms with Gasteiger partial charge in [0.1, 0.15) is 0 Å². The molecule has 176 valence electrons. The summed E-state index contributed by atoms with van der Waals surface area (Å²) in [6.45, 7) is 3.36. The van der Waals surface area contributed by atoms with Gasteiger partial charge in [0.05, 0.1) is 28.4 Å². The minimum absolute atomic E-state index is 0.444. The molecule has 35 heavy (non-hydrogen) atoms. The Morgan fingerprint density at radius 3 is 2.69 bits per heavy atom. The Kier molecular flexibility index (Phi) is 6.24. The summed E-state index contributed by atoms with van der Waals surface area (Å²) in [5.41, 5.74) is 3.27. The van der Waals surface area contributed by atoms with Crippen molar-refractivity contribution in [2.75, 3.05) is 13.1 Å². The zero-order valence-corrected chi connectivity index (χ0v) is 21.0. The molecule has 2 aromatic carbocycles. The van der Waals surface area contributed by atoms with Gasteiger partial charge >= 0.3 is 0 Å². The van der Waals surface area contributed by atoms with Crippen molar-refractivity contribution in [3.05, 3.63) is 94.5 Å². The van der Waals surface area contributed by atoms with E-state index >= 15 is 0 Å². The van der Waals surface area contributed by atoms with Gasteiger partial charge in [-0.2, -0.15) is 5.10 Å². The first-order valence-electron chi connectivity index (χ1n) is 11.9. The predicted octanol–water partition coefficient (Wildman–Crippen LogP) is 5.97. The van der Waals surface area contributed by atoms with Gasteiger partial charge in [-0.25, -0.2) is 9.67 Å². The summed E-state index contributed by atoms with van der Waals surface area (Å²) in [4.78, 5) is 11.7. The number of para-hydroxylation sites is 1. The number of benzene rings is 2. The van der Waals surface area contributed by atoms with Crippen LogP contribution in [0.5, 0.6) is 0 Å². The number of pyridine rings is 1. The molecule has 0 unspecified atom stereocenters. The van der Waals surface area contributed by atoms with Crippen LogP contribution in [0.25, 0.3) is 21.6 Å². The number of hydrogen-bond donors (Lipinski definition) is 0. The summed E-state index contributed by atoms with van der Waals surface area (Å²) < 4.78 is 6.09. The van der Waals surface area contributed by atoms with Crippen LogP contribution in [-0.4, -0.2) is 42.3 Å². The normalized spacial score (nSPS) is 16.6. The molecule has 0 radical (unpaired) electrons. The molecular formula is C27H26N6S2. The van der Waals surface area contributed by atoms with Crippen LogP contribution in [0.15, 0.2) is 79.1 Å². The number of fused-ring (bicyclic) bond motifs is 1. The van der Waals surface area contributed by atoms with Crippen LogP contribution in [0.3, 0.4) is 0 Å². The molecule has 5 aromatic rings. The minimum atomic E-state index is 0.444. The van der Waals surface area contributed by atoms with E-state index in [2.05, 4.69) is 63.0 Å². The highest BCUT2D eigenvalue weighted by atomic mass is 32.1. The monoisotopic (exact) mass is 498 g/mol. The molecule has 0 saturated carbocycles. The molecule has 8 heteroatoms. The SMILES string of the molecule is S=c1n(CN2CCC[C@@H](c3nc4ccccc4s3)C2)nc(-c2cccnc2)n1Cc1ccccc1. The highest BCUT2D eigenvalue weighted by Gasteiger charge is 2.25. The second kappa shape index (κ2) is 9.81. The lowest BCUT2D eigenvalue weighted by atomic mass is 9.99. The number of aromatic nitrogens is 5. The molecule has 1 aliphatic rings. The smallest absolute Gasteiger partial charge is 0.199 e. The third-order valence-electron chi connectivity index (χ3n) is 6.53. The van der Waals surface area contributed by atoms with Gasteiger partial charge in [-0.3, -0.25) is 14.5 Å². The summed E-state index contributed by atoms with van der Waals surface area (Å²) >= 11 is 7.78. The molecule has 0 amide bonds. The van der Waals surface area contributed by atoms with Crippen LogP contribution in [0.2, 0.25) is 0 Å². The summed E-state index contributed by atoms with van der Waals surface area (Å²) in [7, 11) is 0. The Balaban J connectivity index is 1.28. The standard InChI is InChI=1S/C27H26N6S2/c34-27-32(17-20-8-2-1-3-9-20)25(21-10-6-14-28-16-21)30-33(27)19-31-15-7-11-22(18-31)26-29-23-12-4-5-13-24(23)35-26/h1-6,8-10,12-14,16,22H,7,11,15,17-19H2/t22-/m1/s1. The fourth-order valence-corrected chi connectivity index (χ4v) is 6.13. The number of nitrogens with zero attached hydrogens (tertiary/aromatic N) is 6. The molecule has 1 fully saturated rings. The van der Waals surface area contributed by atoms with Crippen molar-refractivity contribution < 1.29 is 0 Å². The topological polar surface area (TPSA) is 51.8 Å². The maximum atomic E-state index is 5.95. The fourth-order valence-electron chi connectivity index (χ4n) is 4.79. The van der Waals surface area contributed by atoms with Crippen LogP contribution < -0.4 is 0 Å². The second-order valence-electron chi connectivity index (χ2n) is 9.00. The van der Waals surface area contributed by atoms with Crippen molar-refractivity contribution >= 4 is 33.8 Å². The number of hydrogen-bond acceptors (Lipinski definition) is 6. The summed E-state index contributed by atoms with van der Waals surface area (Å²) in [5.74, 6) is 1.30. The van der Waals surface area contributed by atoms with E-state index < -0.39 is 0 Å². The van der Waals surface area contributed by atoms with Gasteiger partial charge in [-0.15, -0.1) is 11.3 Å². The first-order chi connectivity index (χ1) is 17.2. The average molecular weight is 499 g/mol. The third-order valence-corrected chi connectivity index (χ3v) is 8.16. The maximum absolute atomic E-state index is 5.95. The Labute approximate surface area is 213 Å². The van der Waals surface area contributed by atoms with E-state index in [9.17, 15) is 0 Å². The largest absolute Gasteiger partial charge is 0.295 e. The number of rotatable bonds is 6. The zero-order valence-electron chi connectivity index (χ0n) is 19.3. The first kappa shape index (κ1) is 22.3. The quantitative estimate of drug-likeness (QED) is 0.270. The molecule has 0 bridgehead atoms. The van der Waals surface area contributed by atoms with E-state index in [0.29, 0.717) is 19.1 Å². The molecule has 6 rings (SSSR count). The van der Waals surface area contributed by atoms with E-state index in [1.165, 1.54) is 21.7 Å². The minimum Gasteiger partial charge on any atom is -0.295 e. The van der Waals surface area contributed by atoms with Crippen molar-refractivity contribution in [3.8, 4) is 11.4 Å². The second-order valence-corrected chi connectivity index (χ2v) is 10.4. The first-order valence-corrected chi connectivity index (χ1v) is 13.2. The van der Waals surface area contributed by atoms with Gasteiger partial charge in [0.2, 0.25) is 0 Å². The molecule has 0 N–H and O–H groups in total. The van der Waals surface area contributed by atoms with Crippen molar-refractivity contribution in [1.82, 2.24) is 29.2 Å². The molecule has 4 heterocycles. The molecule has 0 aliphatic carbocycles. The van der Waals surface area contributed by atoms with E-state index in [1.807, 2.05) is 40.4 Å². The van der Waals surface area contributed by atoms with Gasteiger partial charge in [-0.1, -0.05) is 42.5 Å². The highest BCUT2D eigenvalue weighted by Crippen LogP contribution is 2.33. The predicted molar refractivity (Wildman–Crippen MR) is 143 cm³/mol. The Morgan fingerprint density at radius 2 is 1.86 bits per heavy atom. The number of likely N-dealkylation sites (tertiary alicyclic amines) is 1. The molecular weight excluding hydrogens is 472 g/mol. The van der Waals surface area contributed by atoms with Gasteiger partial charge in [0, 0.05) is 30.4 Å². The Bertz CT molecular complexity index is 1460. The fraction of sp³-hybridized carbons (Fsp3) is 0.259. The van der Waals surface area contributed by atoms with E-state index in [-0.39, 0.29) is 0 Å². The Hall–Kier alpha value is -3.20. The van der Waals surface area contributed by atoms with Crippen LogP contribution in [0, 0.1) is 4.77 Å². The van der Waals surface area contributed by atoms with E-state index in [1.54, 1.807) is 6.20 Å². The molecule has 1 saturated heterocycles. The van der Waals surface area contributed by atoms with Crippen LogP contribution in [-0.2, 0) is 13.2 Å². The third kappa shape index (κ3) is 4.69. The average Bonchev–Trinajstić information content (AvgIpc) is 3.47. The van der Waals surface area contributed by atoms with Crippen molar-refractivity contribution in [2.24, 2.45) is 0 Å². The molecule has 1 aliphatic heterocycles. The van der Waals surface area contributed by atoms with Crippen molar-refractivity contribution in [1.29, 1.82) is 0 Å². The summed E-state index contributed by atoms with van der Waals surface area (Å²) in [6.07, 6.45) is 5.96. The zero-order chi connectivity index (χ0) is 23.6. The summed E-state index contributed by atoms with van der Waals surface area (Å²) in [5, 5.41) is 6.22. The van der Waals surface area contributed by atoms with Gasteiger partial charge in [0.15, 0.2) is 10.6 Å². The van der Waals surface area contributed by atoms with E-state index in [0.717, 1.165) is 41.2 Å². The lowest BCUT2D eigenvalue weighted by Gasteiger charge is -2.31. The lowest BCUT2D eigenvalue weighted by molar-refractivity contribution is 0.156. The molecule has 3 aromatic heterocycles. The lowest BCUT2D eigenvalue weighted by Crippen LogP contribution is -2.36. The maximum Gasteiger partial charge on any atom is 0.199 e. The van der Waals surface area contributed by atoms with Crippen LogP contribution >= 0.6 is 23.6 Å². The van der Waals surface area contributed by atoms with E-state index in [4.69, 9.17) is 22.3 Å². The molecule has 1 atom stereocenters. The highest BCUT2D eigenvalue weighted by molar-refractivity contribution is 7.71. The van der Waals surface area contributed by atoms with Gasteiger partial charge in [-0.05, 0) is 61.4 Å². The van der Waals surface area contributed by atoms with Crippen molar-refractivity contribution in [3.63, 3.8) is 0 Å². The summed E-state index contributed by atoms with van der Waals surface area (Å²) in [6, 6.07) is 22.8. The Morgan fingerprint density at radius 1 is 1.00 bits per heavy atom. The molecule has 6 nitrogen and oxygen atoms in total. The van der Waals surface area contributed by atoms with Gasteiger partial charge < -0.3 is 0 Å².